The lowest BCUT2D eigenvalue weighted by molar-refractivity contribution is 0.108. The first-order valence-electron chi connectivity index (χ1n) is 10.8. The number of benzene rings is 1. The average Bonchev–Trinajstić information content (AvgIpc) is 3.14. The molecule has 0 amide bonds. The lowest BCUT2D eigenvalue weighted by Gasteiger charge is -2.48. The molecule has 7 nitrogen and oxygen atoms in total. The van der Waals surface area contributed by atoms with Crippen molar-refractivity contribution in [3.63, 3.8) is 0 Å². The largest absolute Gasteiger partial charge is 0.504 e. The monoisotopic (exact) mass is 421 g/mol. The number of oxime groups is 2. The van der Waals surface area contributed by atoms with Crippen LogP contribution in [0.2, 0.25) is 0 Å². The molecule has 1 aromatic heterocycles. The van der Waals surface area contributed by atoms with E-state index in [-0.39, 0.29) is 11.2 Å². The van der Waals surface area contributed by atoms with E-state index in [1.165, 1.54) is 0 Å². The SMILES string of the molecule is COc1cc2c(cc1O)C(=NOc1ccncc1)C[C@@H]1[C@@H]2CC[C@]2(C)C(=NO)CC[C@@H]12. The molecule has 7 heteroatoms. The number of hydrogen-bond donors (Lipinski definition) is 2. The highest BCUT2D eigenvalue weighted by Crippen LogP contribution is 2.60. The van der Waals surface area contributed by atoms with Gasteiger partial charge in [-0.3, -0.25) is 4.98 Å². The Morgan fingerprint density at radius 1 is 1.19 bits per heavy atom. The van der Waals surface area contributed by atoms with Gasteiger partial charge in [0.15, 0.2) is 17.2 Å². The highest BCUT2D eigenvalue weighted by atomic mass is 16.6. The summed E-state index contributed by atoms with van der Waals surface area (Å²) in [5.41, 5.74) is 3.75. The van der Waals surface area contributed by atoms with E-state index in [9.17, 15) is 10.3 Å². The standard InChI is InChI=1S/C24H27N3O4/c1-24-8-5-15-16-13-22(30-2)21(28)12-18(16)20(27-31-14-6-9-25-10-7-14)11-17(15)19(24)3-4-23(24)26-29/h6-7,9-10,12-13,15,17,19,28-29H,3-5,8,11H2,1-2H3/t15-,17-,19+,24+/m1/s1. The summed E-state index contributed by atoms with van der Waals surface area (Å²) in [7, 11) is 1.57. The molecule has 0 saturated heterocycles. The molecule has 31 heavy (non-hydrogen) atoms. The third-order valence-electron chi connectivity index (χ3n) is 7.70. The maximum absolute atomic E-state index is 10.5. The molecule has 1 aromatic carbocycles. The van der Waals surface area contributed by atoms with E-state index in [4.69, 9.17) is 9.57 Å². The maximum Gasteiger partial charge on any atom is 0.161 e. The molecule has 3 aliphatic carbocycles. The lowest BCUT2D eigenvalue weighted by Crippen LogP contribution is -2.43. The number of aromatic nitrogens is 1. The van der Waals surface area contributed by atoms with Crippen molar-refractivity contribution >= 4 is 11.4 Å². The normalized spacial score (nSPS) is 31.7. The molecule has 0 radical (unpaired) electrons. The zero-order valence-electron chi connectivity index (χ0n) is 17.8. The number of ether oxygens (including phenoxy) is 1. The third-order valence-corrected chi connectivity index (χ3v) is 7.70. The second-order valence-electron chi connectivity index (χ2n) is 9.05. The van der Waals surface area contributed by atoms with Gasteiger partial charge in [0.25, 0.3) is 0 Å². The fraction of sp³-hybridized carbons (Fsp3) is 0.458. The van der Waals surface area contributed by atoms with Crippen LogP contribution in [0.25, 0.3) is 0 Å². The van der Waals surface area contributed by atoms with Crippen molar-refractivity contribution in [1.82, 2.24) is 4.98 Å². The average molecular weight is 421 g/mol. The molecule has 2 aromatic rings. The minimum absolute atomic E-state index is 0.0779. The van der Waals surface area contributed by atoms with E-state index in [1.807, 2.05) is 6.07 Å². The summed E-state index contributed by atoms with van der Waals surface area (Å²) in [6.07, 6.45) is 7.92. The fourth-order valence-corrected chi connectivity index (χ4v) is 6.14. The number of nitrogens with zero attached hydrogens (tertiary/aromatic N) is 3. The van der Waals surface area contributed by atoms with Crippen molar-refractivity contribution in [3.05, 3.63) is 47.8 Å². The van der Waals surface area contributed by atoms with Crippen molar-refractivity contribution in [2.75, 3.05) is 7.11 Å². The van der Waals surface area contributed by atoms with Gasteiger partial charge in [-0.25, -0.2) is 0 Å². The Bertz CT molecular complexity index is 1050. The molecule has 1 heterocycles. The van der Waals surface area contributed by atoms with Crippen LogP contribution in [0.1, 0.15) is 56.1 Å². The number of phenols is 1. The number of hydrogen-bond acceptors (Lipinski definition) is 7. The molecule has 2 fully saturated rings. The van der Waals surface area contributed by atoms with Crippen LogP contribution in [0.4, 0.5) is 0 Å². The highest BCUT2D eigenvalue weighted by molar-refractivity contribution is 6.04. The summed E-state index contributed by atoms with van der Waals surface area (Å²) < 4.78 is 5.42. The van der Waals surface area contributed by atoms with Gasteiger partial charge < -0.3 is 19.9 Å². The van der Waals surface area contributed by atoms with E-state index in [0.29, 0.717) is 29.3 Å². The first kappa shape index (κ1) is 19.8. The van der Waals surface area contributed by atoms with Crippen molar-refractivity contribution < 1.29 is 19.9 Å². The molecule has 3 aliphatic rings. The topological polar surface area (TPSA) is 96.5 Å². The van der Waals surface area contributed by atoms with E-state index in [2.05, 4.69) is 22.2 Å². The van der Waals surface area contributed by atoms with Crippen LogP contribution in [0.5, 0.6) is 17.2 Å². The summed E-state index contributed by atoms with van der Waals surface area (Å²) in [6, 6.07) is 7.24. The molecule has 0 aliphatic heterocycles. The van der Waals surface area contributed by atoms with E-state index in [1.54, 1.807) is 37.7 Å². The summed E-state index contributed by atoms with van der Waals surface area (Å²) in [5, 5.41) is 28.2. The van der Waals surface area contributed by atoms with Crippen LogP contribution in [0, 0.1) is 17.3 Å². The Labute approximate surface area is 181 Å². The van der Waals surface area contributed by atoms with Crippen LogP contribution >= 0.6 is 0 Å². The Balaban J connectivity index is 1.58. The lowest BCUT2D eigenvalue weighted by atomic mass is 9.55. The highest BCUT2D eigenvalue weighted by Gasteiger charge is 2.54. The number of pyridine rings is 1. The van der Waals surface area contributed by atoms with Gasteiger partial charge in [0.1, 0.15) is 0 Å². The molecule has 162 valence electrons. The van der Waals surface area contributed by atoms with Crippen LogP contribution in [0.15, 0.2) is 47.0 Å². The van der Waals surface area contributed by atoms with E-state index >= 15 is 0 Å². The smallest absolute Gasteiger partial charge is 0.161 e. The van der Waals surface area contributed by atoms with Crippen LogP contribution in [-0.4, -0.2) is 33.8 Å². The minimum atomic E-state index is -0.0779. The van der Waals surface area contributed by atoms with Gasteiger partial charge in [-0.15, -0.1) is 0 Å². The van der Waals surface area contributed by atoms with Gasteiger partial charge in [-0.1, -0.05) is 17.2 Å². The zero-order chi connectivity index (χ0) is 21.6. The predicted molar refractivity (Wildman–Crippen MR) is 116 cm³/mol. The summed E-state index contributed by atoms with van der Waals surface area (Å²) >= 11 is 0. The number of rotatable bonds is 3. The quantitative estimate of drug-likeness (QED) is 0.552. The Kier molecular flexibility index (Phi) is 4.84. The predicted octanol–water partition coefficient (Wildman–Crippen LogP) is 4.72. The Hall–Kier alpha value is -3.09. The third kappa shape index (κ3) is 3.14. The first-order valence-corrected chi connectivity index (χ1v) is 10.8. The molecule has 0 unspecified atom stereocenters. The van der Waals surface area contributed by atoms with Crippen LogP contribution < -0.4 is 9.57 Å². The number of methoxy groups -OCH3 is 1. The Morgan fingerprint density at radius 3 is 2.74 bits per heavy atom. The fourth-order valence-electron chi connectivity index (χ4n) is 6.14. The van der Waals surface area contributed by atoms with Crippen molar-refractivity contribution in [2.45, 2.75) is 44.9 Å². The van der Waals surface area contributed by atoms with Gasteiger partial charge in [0.05, 0.1) is 18.5 Å². The minimum Gasteiger partial charge on any atom is -0.504 e. The molecular weight excluding hydrogens is 394 g/mol. The Morgan fingerprint density at radius 2 is 2.00 bits per heavy atom. The van der Waals surface area contributed by atoms with Gasteiger partial charge in [0.2, 0.25) is 0 Å². The molecular formula is C24H27N3O4. The number of fused-ring (bicyclic) bond motifs is 5. The molecule has 2 N–H and O–H groups in total. The number of phenolic OH excluding ortho intramolecular Hbond substituents is 1. The van der Waals surface area contributed by atoms with E-state index < -0.39 is 0 Å². The second-order valence-corrected chi connectivity index (χ2v) is 9.05. The number of aromatic hydroxyl groups is 1. The van der Waals surface area contributed by atoms with Crippen LogP contribution in [-0.2, 0) is 0 Å². The van der Waals surface area contributed by atoms with Gasteiger partial charge in [0, 0.05) is 35.5 Å². The molecule has 0 spiro atoms. The van der Waals surface area contributed by atoms with Gasteiger partial charge >= 0.3 is 0 Å². The summed E-state index contributed by atoms with van der Waals surface area (Å²) in [6.45, 7) is 2.24. The van der Waals surface area contributed by atoms with Crippen molar-refractivity contribution in [2.24, 2.45) is 27.6 Å². The molecule has 4 atom stereocenters. The van der Waals surface area contributed by atoms with E-state index in [0.717, 1.165) is 54.7 Å². The van der Waals surface area contributed by atoms with Crippen molar-refractivity contribution in [1.29, 1.82) is 0 Å². The van der Waals surface area contributed by atoms with Gasteiger partial charge in [-0.2, -0.15) is 0 Å². The second kappa shape index (κ2) is 7.55. The molecule has 0 bridgehead atoms. The molecule has 5 rings (SSSR count). The maximum atomic E-state index is 10.5. The zero-order valence-corrected chi connectivity index (χ0v) is 17.8. The molecule has 2 saturated carbocycles. The van der Waals surface area contributed by atoms with Crippen LogP contribution in [0.3, 0.4) is 0 Å². The van der Waals surface area contributed by atoms with Crippen molar-refractivity contribution in [3.8, 4) is 17.2 Å². The summed E-state index contributed by atoms with van der Waals surface area (Å²) in [4.78, 5) is 9.74. The first-order chi connectivity index (χ1) is 15.0. The van der Waals surface area contributed by atoms with Gasteiger partial charge in [-0.05, 0) is 67.6 Å². The summed E-state index contributed by atoms with van der Waals surface area (Å²) in [5.74, 6) is 2.32.